The molecule has 0 aliphatic carbocycles. The first kappa shape index (κ1) is 76.0. The Morgan fingerprint density at radius 1 is 0.259 bits per heavy atom. The van der Waals surface area contributed by atoms with Crippen LogP contribution in [-0.4, -0.2) is 37.2 Å². The molecule has 0 saturated heterocycles. The van der Waals surface area contributed by atoms with Crippen LogP contribution >= 0.6 is 0 Å². The molecule has 0 spiro atoms. The van der Waals surface area contributed by atoms with Crippen molar-refractivity contribution in [2.75, 3.05) is 13.2 Å². The van der Waals surface area contributed by atoms with Gasteiger partial charge in [-0.1, -0.05) is 275 Å². The van der Waals surface area contributed by atoms with Gasteiger partial charge in [-0.15, -0.1) is 0 Å². The van der Waals surface area contributed by atoms with Crippen LogP contribution in [0.3, 0.4) is 0 Å². The third-order valence-electron chi connectivity index (χ3n) is 13.5. The first-order valence-corrected chi connectivity index (χ1v) is 33.0. The van der Waals surface area contributed by atoms with E-state index in [0.717, 1.165) is 128 Å². The highest BCUT2D eigenvalue weighted by atomic mass is 16.6. The fraction of sp³-hybridized carbons (Fsp3) is 0.613. The van der Waals surface area contributed by atoms with Crippen LogP contribution in [0.25, 0.3) is 0 Å². The van der Waals surface area contributed by atoms with E-state index in [1.54, 1.807) is 0 Å². The fourth-order valence-corrected chi connectivity index (χ4v) is 8.63. The zero-order valence-electron chi connectivity index (χ0n) is 52.2. The predicted molar refractivity (Wildman–Crippen MR) is 352 cm³/mol. The number of carbonyl (C=O) groups is 3. The molecule has 6 heteroatoms. The van der Waals surface area contributed by atoms with Gasteiger partial charge in [-0.2, -0.15) is 0 Å². The zero-order chi connectivity index (χ0) is 58.5. The van der Waals surface area contributed by atoms with Crippen LogP contribution in [0, 0.1) is 0 Å². The first-order valence-electron chi connectivity index (χ1n) is 33.0. The van der Waals surface area contributed by atoms with Crippen molar-refractivity contribution < 1.29 is 28.6 Å². The molecule has 0 aliphatic heterocycles. The van der Waals surface area contributed by atoms with E-state index in [1.807, 2.05) is 0 Å². The second-order valence-electron chi connectivity index (χ2n) is 21.3. The molecule has 0 aliphatic rings. The second-order valence-corrected chi connectivity index (χ2v) is 21.3. The molecule has 0 aromatic carbocycles. The standard InChI is InChI=1S/C75H120O6/c1-4-7-10-13-16-19-22-25-28-31-33-35-37-39-41-44-47-50-53-56-59-62-65-68-74(77)80-71-72(70-79-73(76)67-64-61-58-55-52-49-46-43-30-27-24-21-18-15-12-9-6-3)81-75(78)69-66-63-60-57-54-51-48-45-42-40-38-36-34-32-29-26-23-20-17-14-11-8-5-2/h7-8,10-11,16-21,25-30,33-36,39,41,47,50,56,59,72H,4-6,9,12-15,22-24,31-32,37-38,40,42-46,48-49,51-55,57-58,60-71H2,1-3H3/b10-7-,11-8-,19-16-,20-17-,21-18-,28-25-,29-26-,30-27-,35-33-,36-34-,41-39-,50-47-,59-56-. The number of hydrogen-bond acceptors (Lipinski definition) is 6. The maximum atomic E-state index is 12.9. The minimum Gasteiger partial charge on any atom is -0.462 e. The molecule has 0 aromatic heterocycles. The highest BCUT2D eigenvalue weighted by Crippen LogP contribution is 2.15. The lowest BCUT2D eigenvalue weighted by Crippen LogP contribution is -2.30. The fourth-order valence-electron chi connectivity index (χ4n) is 8.63. The number of carbonyl (C=O) groups excluding carboxylic acids is 3. The number of hydrogen-bond donors (Lipinski definition) is 0. The number of unbranched alkanes of at least 4 members (excludes halogenated alkanes) is 21. The molecule has 1 atom stereocenters. The average Bonchev–Trinajstić information content (AvgIpc) is 3.47. The Kier molecular flexibility index (Phi) is 63.4. The summed E-state index contributed by atoms with van der Waals surface area (Å²) in [5.74, 6) is -0.981. The molecule has 6 nitrogen and oxygen atoms in total. The minimum atomic E-state index is -0.817. The van der Waals surface area contributed by atoms with Gasteiger partial charge in [-0.05, 0) is 141 Å². The number of esters is 3. The van der Waals surface area contributed by atoms with Crippen molar-refractivity contribution in [2.45, 2.75) is 284 Å². The van der Waals surface area contributed by atoms with Crippen LogP contribution in [0.15, 0.2) is 158 Å². The summed E-state index contributed by atoms with van der Waals surface area (Å²) in [5.41, 5.74) is 0. The highest BCUT2D eigenvalue weighted by molar-refractivity contribution is 5.71. The molecule has 0 N–H and O–H groups in total. The smallest absolute Gasteiger partial charge is 0.306 e. The van der Waals surface area contributed by atoms with E-state index in [0.29, 0.717) is 19.3 Å². The Bertz CT molecular complexity index is 1810. The molecular formula is C75H120O6. The van der Waals surface area contributed by atoms with E-state index in [1.165, 1.54) is 103 Å². The van der Waals surface area contributed by atoms with Crippen molar-refractivity contribution in [3.63, 3.8) is 0 Å². The van der Waals surface area contributed by atoms with Gasteiger partial charge < -0.3 is 14.2 Å². The topological polar surface area (TPSA) is 78.9 Å². The Balaban J connectivity index is 4.52. The summed E-state index contributed by atoms with van der Waals surface area (Å²) in [6.07, 6.45) is 98.2. The summed E-state index contributed by atoms with van der Waals surface area (Å²) in [6.45, 7) is 6.34. The lowest BCUT2D eigenvalue weighted by Gasteiger charge is -2.18. The van der Waals surface area contributed by atoms with Crippen LogP contribution < -0.4 is 0 Å². The molecule has 0 saturated carbocycles. The van der Waals surface area contributed by atoms with Gasteiger partial charge in [0.2, 0.25) is 0 Å². The van der Waals surface area contributed by atoms with Crippen LogP contribution in [0.5, 0.6) is 0 Å². The van der Waals surface area contributed by atoms with Gasteiger partial charge in [-0.3, -0.25) is 14.4 Å². The van der Waals surface area contributed by atoms with Crippen LogP contribution in [0.2, 0.25) is 0 Å². The van der Waals surface area contributed by atoms with E-state index < -0.39 is 6.10 Å². The van der Waals surface area contributed by atoms with Crippen molar-refractivity contribution in [1.82, 2.24) is 0 Å². The summed E-state index contributed by atoms with van der Waals surface area (Å²) in [4.78, 5) is 38.4. The quantitative estimate of drug-likeness (QED) is 0.0261. The average molecular weight is 1120 g/mol. The number of rotatable bonds is 58. The van der Waals surface area contributed by atoms with Gasteiger partial charge in [-0.25, -0.2) is 0 Å². The molecular weight excluding hydrogens is 997 g/mol. The predicted octanol–water partition coefficient (Wildman–Crippen LogP) is 22.9. The first-order chi connectivity index (χ1) is 40.0. The number of allylic oxidation sites excluding steroid dienone is 26. The maximum absolute atomic E-state index is 12.9. The summed E-state index contributed by atoms with van der Waals surface area (Å²) >= 11 is 0. The van der Waals surface area contributed by atoms with E-state index in [2.05, 4.69) is 179 Å². The summed E-state index contributed by atoms with van der Waals surface area (Å²) in [5, 5.41) is 0. The third kappa shape index (κ3) is 65.7. The molecule has 0 heterocycles. The van der Waals surface area contributed by atoms with Gasteiger partial charge >= 0.3 is 17.9 Å². The van der Waals surface area contributed by atoms with Crippen molar-refractivity contribution >= 4 is 17.9 Å². The SMILES string of the molecule is CC/C=C\C/C=C\C/C=C\C/C=C\C/C=C\C/C=C\C/C=C\CCCC(=O)OCC(COC(=O)CCCCCCCCC/C=C\C/C=C\CCCCC)OC(=O)CCCCCCCCCCCC/C=C\C/C=C\C/C=C\C/C=C\CC. The molecule has 0 fully saturated rings. The lowest BCUT2D eigenvalue weighted by atomic mass is 10.0. The van der Waals surface area contributed by atoms with Crippen LogP contribution in [-0.2, 0) is 28.6 Å². The molecule has 0 bridgehead atoms. The third-order valence-corrected chi connectivity index (χ3v) is 13.5. The van der Waals surface area contributed by atoms with E-state index in [4.69, 9.17) is 14.2 Å². The molecule has 456 valence electrons. The second kappa shape index (κ2) is 67.5. The van der Waals surface area contributed by atoms with Crippen LogP contribution in [0.4, 0.5) is 0 Å². The molecule has 0 radical (unpaired) electrons. The molecule has 0 rings (SSSR count). The zero-order valence-corrected chi connectivity index (χ0v) is 52.2. The Morgan fingerprint density at radius 3 is 0.802 bits per heavy atom. The van der Waals surface area contributed by atoms with Gasteiger partial charge in [0.1, 0.15) is 13.2 Å². The van der Waals surface area contributed by atoms with Crippen molar-refractivity contribution in [2.24, 2.45) is 0 Å². The van der Waals surface area contributed by atoms with Crippen molar-refractivity contribution in [1.29, 1.82) is 0 Å². The Morgan fingerprint density at radius 2 is 0.494 bits per heavy atom. The number of ether oxygens (including phenoxy) is 3. The maximum Gasteiger partial charge on any atom is 0.306 e. The van der Waals surface area contributed by atoms with Gasteiger partial charge in [0, 0.05) is 19.3 Å². The molecule has 81 heavy (non-hydrogen) atoms. The van der Waals surface area contributed by atoms with Crippen molar-refractivity contribution in [3.8, 4) is 0 Å². The largest absolute Gasteiger partial charge is 0.462 e. The highest BCUT2D eigenvalue weighted by Gasteiger charge is 2.19. The van der Waals surface area contributed by atoms with E-state index >= 15 is 0 Å². The van der Waals surface area contributed by atoms with Crippen molar-refractivity contribution in [3.05, 3.63) is 158 Å². The Labute approximate surface area is 499 Å². The molecule has 0 amide bonds. The summed E-state index contributed by atoms with van der Waals surface area (Å²) in [6, 6.07) is 0. The summed E-state index contributed by atoms with van der Waals surface area (Å²) < 4.78 is 16.9. The van der Waals surface area contributed by atoms with Gasteiger partial charge in [0.15, 0.2) is 6.10 Å². The van der Waals surface area contributed by atoms with Gasteiger partial charge in [0.05, 0.1) is 0 Å². The molecule has 1 unspecified atom stereocenters. The summed E-state index contributed by atoms with van der Waals surface area (Å²) in [7, 11) is 0. The van der Waals surface area contributed by atoms with E-state index in [9.17, 15) is 14.4 Å². The lowest BCUT2D eigenvalue weighted by molar-refractivity contribution is -0.167. The van der Waals surface area contributed by atoms with Crippen LogP contribution in [0.1, 0.15) is 278 Å². The van der Waals surface area contributed by atoms with E-state index in [-0.39, 0.29) is 37.5 Å². The Hall–Kier alpha value is -4.97. The normalized spacial score (nSPS) is 13.2. The monoisotopic (exact) mass is 1120 g/mol. The minimum absolute atomic E-state index is 0.108. The molecule has 0 aromatic rings. The van der Waals surface area contributed by atoms with Gasteiger partial charge in [0.25, 0.3) is 0 Å².